The van der Waals surface area contributed by atoms with Gasteiger partial charge in [-0.25, -0.2) is 4.39 Å². The minimum atomic E-state index is -0.435. The smallest absolute Gasteiger partial charge is 0.251 e. The van der Waals surface area contributed by atoms with Crippen LogP contribution in [0.15, 0.2) is 24.3 Å². The normalized spacial score (nSPS) is 17.8. The largest absolute Gasteiger partial charge is 0.378 e. The van der Waals surface area contributed by atoms with E-state index in [2.05, 4.69) is 5.32 Å². The van der Waals surface area contributed by atoms with E-state index in [-0.39, 0.29) is 29.8 Å². The number of hydrogen-bond donors (Lipinski definition) is 1. The van der Waals surface area contributed by atoms with Gasteiger partial charge in [-0.2, -0.15) is 0 Å². The molecule has 8 heteroatoms. The van der Waals surface area contributed by atoms with Crippen LogP contribution in [-0.2, 0) is 14.3 Å². The highest BCUT2D eigenvalue weighted by atomic mass is 19.1. The fourth-order valence-corrected chi connectivity index (χ4v) is 2.85. The lowest BCUT2D eigenvalue weighted by atomic mass is 9.98. The Morgan fingerprint density at radius 2 is 1.72 bits per heavy atom. The number of amides is 3. The summed E-state index contributed by atoms with van der Waals surface area (Å²) in [4.78, 5) is 39.5. The maximum Gasteiger partial charge on any atom is 0.251 e. The number of morpholine rings is 1. The first-order valence-corrected chi connectivity index (χ1v) is 8.22. The zero-order chi connectivity index (χ0) is 17.8. The first-order valence-electron chi connectivity index (χ1n) is 8.22. The van der Waals surface area contributed by atoms with Gasteiger partial charge in [0, 0.05) is 31.7 Å². The molecule has 7 nitrogen and oxygen atoms in total. The summed E-state index contributed by atoms with van der Waals surface area (Å²) in [5, 5.41) is 2.51. The van der Waals surface area contributed by atoms with Crippen LogP contribution < -0.4 is 5.32 Å². The van der Waals surface area contributed by atoms with Crippen molar-refractivity contribution >= 4 is 17.7 Å². The molecule has 2 fully saturated rings. The van der Waals surface area contributed by atoms with E-state index in [9.17, 15) is 18.8 Å². The van der Waals surface area contributed by atoms with Crippen LogP contribution in [0.4, 0.5) is 4.39 Å². The number of carbonyl (C=O) groups is 3. The third-order valence-electron chi connectivity index (χ3n) is 4.41. The molecule has 134 valence electrons. The number of halogens is 1. The van der Waals surface area contributed by atoms with E-state index >= 15 is 0 Å². The fourth-order valence-electron chi connectivity index (χ4n) is 2.85. The van der Waals surface area contributed by atoms with Gasteiger partial charge in [-0.1, -0.05) is 0 Å². The maximum absolute atomic E-state index is 12.8. The molecular weight excluding hydrogens is 329 g/mol. The monoisotopic (exact) mass is 349 g/mol. The molecule has 25 heavy (non-hydrogen) atoms. The molecule has 1 N–H and O–H groups in total. The summed E-state index contributed by atoms with van der Waals surface area (Å²) in [5.41, 5.74) is 0.290. The average Bonchev–Trinajstić information content (AvgIpc) is 2.59. The lowest BCUT2D eigenvalue weighted by Gasteiger charge is -2.41. The molecule has 0 unspecified atom stereocenters. The van der Waals surface area contributed by atoms with E-state index in [1.807, 2.05) is 0 Å². The van der Waals surface area contributed by atoms with Crippen LogP contribution in [-0.4, -0.2) is 73.5 Å². The summed E-state index contributed by atoms with van der Waals surface area (Å²) in [6, 6.07) is 5.09. The van der Waals surface area contributed by atoms with Crippen LogP contribution >= 0.6 is 0 Å². The number of nitrogens with one attached hydrogen (secondary N) is 1. The number of ether oxygens (including phenoxy) is 1. The van der Waals surface area contributed by atoms with E-state index in [1.54, 1.807) is 9.80 Å². The summed E-state index contributed by atoms with van der Waals surface area (Å²) in [7, 11) is 0. The van der Waals surface area contributed by atoms with Crippen LogP contribution in [0.1, 0.15) is 10.4 Å². The summed E-state index contributed by atoms with van der Waals surface area (Å²) >= 11 is 0. The number of benzene rings is 1. The minimum absolute atomic E-state index is 0.0581. The molecule has 0 bridgehead atoms. The number of nitrogens with zero attached hydrogens (tertiary/aromatic N) is 2. The minimum Gasteiger partial charge on any atom is -0.378 e. The summed E-state index contributed by atoms with van der Waals surface area (Å²) in [6.07, 6.45) is 0. The first kappa shape index (κ1) is 17.3. The van der Waals surface area contributed by atoms with Crippen molar-refractivity contribution in [2.45, 2.75) is 0 Å². The van der Waals surface area contributed by atoms with Gasteiger partial charge in [0.15, 0.2) is 0 Å². The molecule has 3 amide bonds. The van der Waals surface area contributed by atoms with Crippen molar-refractivity contribution in [2.24, 2.45) is 5.92 Å². The van der Waals surface area contributed by atoms with Gasteiger partial charge in [0.25, 0.3) is 5.91 Å². The summed E-state index contributed by atoms with van der Waals surface area (Å²) < 4.78 is 18.0. The molecule has 3 rings (SSSR count). The van der Waals surface area contributed by atoms with Crippen molar-refractivity contribution in [3.8, 4) is 0 Å². The second-order valence-corrected chi connectivity index (χ2v) is 6.12. The second kappa shape index (κ2) is 7.60. The van der Waals surface area contributed by atoms with Crippen molar-refractivity contribution in [1.29, 1.82) is 0 Å². The SMILES string of the molecule is O=C(NCC(=O)N1CC(C(=O)N2CCOCC2)C1)c1ccc(F)cc1. The lowest BCUT2D eigenvalue weighted by molar-refractivity contribution is -0.150. The van der Waals surface area contributed by atoms with E-state index in [0.717, 1.165) is 0 Å². The van der Waals surface area contributed by atoms with Gasteiger partial charge in [-0.05, 0) is 24.3 Å². The standard InChI is InChI=1S/C17H20FN3O4/c18-14-3-1-12(2-4-14)16(23)19-9-15(22)21-10-13(11-21)17(24)20-5-7-25-8-6-20/h1-4,13H,5-11H2,(H,19,23). The highest BCUT2D eigenvalue weighted by Crippen LogP contribution is 2.19. The van der Waals surface area contributed by atoms with Crippen molar-refractivity contribution < 1.29 is 23.5 Å². The number of carbonyl (C=O) groups excluding carboxylic acids is 3. The molecule has 0 aliphatic carbocycles. The third kappa shape index (κ3) is 4.14. The molecule has 1 aromatic carbocycles. The Bertz CT molecular complexity index is 652. The highest BCUT2D eigenvalue weighted by Gasteiger charge is 2.38. The fraction of sp³-hybridized carbons (Fsp3) is 0.471. The van der Waals surface area contributed by atoms with Crippen molar-refractivity contribution in [3.63, 3.8) is 0 Å². The van der Waals surface area contributed by atoms with Gasteiger partial charge in [0.05, 0.1) is 25.7 Å². The molecule has 0 atom stereocenters. The second-order valence-electron chi connectivity index (χ2n) is 6.12. The molecule has 2 aliphatic rings. The van der Waals surface area contributed by atoms with E-state index in [4.69, 9.17) is 4.74 Å². The predicted molar refractivity (Wildman–Crippen MR) is 86.2 cm³/mol. The Morgan fingerprint density at radius 1 is 1.08 bits per heavy atom. The topological polar surface area (TPSA) is 79.0 Å². The molecule has 0 radical (unpaired) electrons. The summed E-state index contributed by atoms with van der Waals surface area (Å²) in [5.74, 6) is -1.21. The highest BCUT2D eigenvalue weighted by molar-refractivity contribution is 5.96. The van der Waals surface area contributed by atoms with Crippen LogP contribution in [0.2, 0.25) is 0 Å². The first-order chi connectivity index (χ1) is 12.0. The molecule has 2 saturated heterocycles. The number of rotatable bonds is 4. The van der Waals surface area contributed by atoms with Gasteiger partial charge in [-0.15, -0.1) is 0 Å². The van der Waals surface area contributed by atoms with E-state index < -0.39 is 11.7 Å². The van der Waals surface area contributed by atoms with Gasteiger partial charge >= 0.3 is 0 Å². The van der Waals surface area contributed by atoms with Crippen LogP contribution in [0.5, 0.6) is 0 Å². The Balaban J connectivity index is 1.40. The number of hydrogen-bond acceptors (Lipinski definition) is 4. The van der Waals surface area contributed by atoms with Crippen LogP contribution in [0.25, 0.3) is 0 Å². The molecule has 0 saturated carbocycles. The Labute approximate surface area is 144 Å². The molecular formula is C17H20FN3O4. The van der Waals surface area contributed by atoms with Gasteiger partial charge in [-0.3, -0.25) is 14.4 Å². The van der Waals surface area contributed by atoms with Crippen molar-refractivity contribution in [1.82, 2.24) is 15.1 Å². The third-order valence-corrected chi connectivity index (χ3v) is 4.41. The van der Waals surface area contributed by atoms with E-state index in [0.29, 0.717) is 39.4 Å². The molecule has 2 heterocycles. The molecule has 1 aromatic rings. The Morgan fingerprint density at radius 3 is 2.36 bits per heavy atom. The van der Waals surface area contributed by atoms with Crippen molar-refractivity contribution in [2.75, 3.05) is 45.9 Å². The molecule has 0 spiro atoms. The quantitative estimate of drug-likeness (QED) is 0.822. The van der Waals surface area contributed by atoms with E-state index in [1.165, 1.54) is 24.3 Å². The van der Waals surface area contributed by atoms with Gasteiger partial charge in [0.2, 0.25) is 11.8 Å². The number of likely N-dealkylation sites (tertiary alicyclic amines) is 1. The zero-order valence-corrected chi connectivity index (χ0v) is 13.7. The zero-order valence-electron chi connectivity index (χ0n) is 13.7. The molecule has 0 aromatic heterocycles. The van der Waals surface area contributed by atoms with Gasteiger partial charge in [0.1, 0.15) is 5.82 Å². The Hall–Kier alpha value is -2.48. The van der Waals surface area contributed by atoms with Gasteiger partial charge < -0.3 is 19.9 Å². The van der Waals surface area contributed by atoms with Crippen molar-refractivity contribution in [3.05, 3.63) is 35.6 Å². The molecule has 2 aliphatic heterocycles. The predicted octanol–water partition coefficient (Wildman–Crippen LogP) is -0.127. The Kier molecular flexibility index (Phi) is 5.28. The van der Waals surface area contributed by atoms with Crippen LogP contribution in [0.3, 0.4) is 0 Å². The summed E-state index contributed by atoms with van der Waals surface area (Å²) in [6.45, 7) is 2.90. The van der Waals surface area contributed by atoms with Crippen LogP contribution in [0, 0.1) is 11.7 Å². The lowest BCUT2D eigenvalue weighted by Crippen LogP contribution is -2.59. The maximum atomic E-state index is 12.8. The average molecular weight is 349 g/mol.